The normalized spacial score (nSPS) is 10.1. The summed E-state index contributed by atoms with van der Waals surface area (Å²) < 4.78 is 5.16. The van der Waals surface area contributed by atoms with Gasteiger partial charge in [0.05, 0.1) is 7.11 Å². The molecule has 1 aromatic rings. The van der Waals surface area contributed by atoms with Gasteiger partial charge in [0.1, 0.15) is 5.75 Å². The third-order valence-corrected chi connectivity index (χ3v) is 2.46. The van der Waals surface area contributed by atoms with E-state index in [9.17, 15) is 4.79 Å². The number of carbonyl (C=O) groups excluding carboxylic acids is 1. The standard InChI is InChI=1S/C13H20N2O2/c1-4-14-8-7-13(16)15-11-5-6-12(17-3)10(2)9-11/h5-6,9,14H,4,7-8H2,1-3H3,(H,15,16). The van der Waals surface area contributed by atoms with Crippen molar-refractivity contribution in [1.82, 2.24) is 5.32 Å². The highest BCUT2D eigenvalue weighted by atomic mass is 16.5. The molecule has 1 rings (SSSR count). The summed E-state index contributed by atoms with van der Waals surface area (Å²) >= 11 is 0. The molecule has 4 nitrogen and oxygen atoms in total. The predicted octanol–water partition coefficient (Wildman–Crippen LogP) is 1.94. The fourth-order valence-electron chi connectivity index (χ4n) is 1.56. The lowest BCUT2D eigenvalue weighted by atomic mass is 10.2. The molecule has 0 aliphatic carbocycles. The Balaban J connectivity index is 2.51. The maximum atomic E-state index is 11.6. The molecule has 0 fully saturated rings. The van der Waals surface area contributed by atoms with E-state index in [-0.39, 0.29) is 5.91 Å². The van der Waals surface area contributed by atoms with Crippen LogP contribution in [0.1, 0.15) is 18.9 Å². The number of ether oxygens (including phenoxy) is 1. The van der Waals surface area contributed by atoms with Crippen molar-refractivity contribution < 1.29 is 9.53 Å². The van der Waals surface area contributed by atoms with Crippen molar-refractivity contribution in [2.24, 2.45) is 0 Å². The van der Waals surface area contributed by atoms with Crippen LogP contribution in [0.15, 0.2) is 18.2 Å². The number of methoxy groups -OCH3 is 1. The Morgan fingerprint density at radius 3 is 2.76 bits per heavy atom. The Morgan fingerprint density at radius 1 is 1.41 bits per heavy atom. The zero-order valence-corrected chi connectivity index (χ0v) is 10.7. The molecule has 0 bridgehead atoms. The van der Waals surface area contributed by atoms with Gasteiger partial charge in [0.15, 0.2) is 0 Å². The minimum absolute atomic E-state index is 0.0236. The van der Waals surface area contributed by atoms with Gasteiger partial charge in [0.25, 0.3) is 0 Å². The molecule has 0 aliphatic rings. The van der Waals surface area contributed by atoms with Gasteiger partial charge in [-0.3, -0.25) is 4.79 Å². The van der Waals surface area contributed by atoms with Crippen LogP contribution >= 0.6 is 0 Å². The monoisotopic (exact) mass is 236 g/mol. The van der Waals surface area contributed by atoms with Crippen molar-refractivity contribution in [3.8, 4) is 5.75 Å². The lowest BCUT2D eigenvalue weighted by Crippen LogP contribution is -2.21. The molecule has 0 spiro atoms. The minimum atomic E-state index is 0.0236. The van der Waals surface area contributed by atoms with E-state index in [2.05, 4.69) is 10.6 Å². The number of amides is 1. The third-order valence-electron chi connectivity index (χ3n) is 2.46. The summed E-state index contributed by atoms with van der Waals surface area (Å²) in [4.78, 5) is 11.6. The molecule has 1 amide bonds. The van der Waals surface area contributed by atoms with Crippen LogP contribution in [0, 0.1) is 6.92 Å². The highest BCUT2D eigenvalue weighted by Gasteiger charge is 2.04. The van der Waals surface area contributed by atoms with E-state index >= 15 is 0 Å². The molecule has 0 heterocycles. The topological polar surface area (TPSA) is 50.4 Å². The summed E-state index contributed by atoms with van der Waals surface area (Å²) in [6.45, 7) is 5.56. The number of hydrogen-bond donors (Lipinski definition) is 2. The molecule has 94 valence electrons. The van der Waals surface area contributed by atoms with E-state index in [0.29, 0.717) is 13.0 Å². The summed E-state index contributed by atoms with van der Waals surface area (Å²) in [6.07, 6.45) is 0.485. The summed E-state index contributed by atoms with van der Waals surface area (Å²) in [7, 11) is 1.64. The van der Waals surface area contributed by atoms with Crippen LogP contribution in [0.3, 0.4) is 0 Å². The highest BCUT2D eigenvalue weighted by molar-refractivity contribution is 5.91. The first-order valence-electron chi connectivity index (χ1n) is 5.82. The van der Waals surface area contributed by atoms with Gasteiger partial charge in [-0.2, -0.15) is 0 Å². The molecule has 0 atom stereocenters. The van der Waals surface area contributed by atoms with Gasteiger partial charge in [-0.25, -0.2) is 0 Å². The van der Waals surface area contributed by atoms with Crippen molar-refractivity contribution >= 4 is 11.6 Å². The second-order valence-corrected chi connectivity index (χ2v) is 3.84. The van der Waals surface area contributed by atoms with E-state index in [1.807, 2.05) is 32.0 Å². The zero-order chi connectivity index (χ0) is 12.7. The van der Waals surface area contributed by atoms with E-state index in [0.717, 1.165) is 23.5 Å². The quantitative estimate of drug-likeness (QED) is 0.742. The van der Waals surface area contributed by atoms with Crippen LogP contribution in [0.25, 0.3) is 0 Å². The molecule has 0 saturated carbocycles. The largest absolute Gasteiger partial charge is 0.496 e. The Kier molecular flexibility index (Phi) is 5.49. The van der Waals surface area contributed by atoms with Crippen molar-refractivity contribution in [2.45, 2.75) is 20.3 Å². The predicted molar refractivity (Wildman–Crippen MR) is 69.5 cm³/mol. The van der Waals surface area contributed by atoms with Crippen LogP contribution < -0.4 is 15.4 Å². The molecule has 0 radical (unpaired) electrons. The van der Waals surface area contributed by atoms with E-state index in [1.54, 1.807) is 7.11 Å². The van der Waals surface area contributed by atoms with Crippen molar-refractivity contribution in [3.05, 3.63) is 23.8 Å². The molecule has 2 N–H and O–H groups in total. The number of nitrogens with one attached hydrogen (secondary N) is 2. The second-order valence-electron chi connectivity index (χ2n) is 3.84. The highest BCUT2D eigenvalue weighted by Crippen LogP contribution is 2.21. The molecular weight excluding hydrogens is 216 g/mol. The van der Waals surface area contributed by atoms with Gasteiger partial charge < -0.3 is 15.4 Å². The second kappa shape index (κ2) is 6.91. The summed E-state index contributed by atoms with van der Waals surface area (Å²) in [5, 5.41) is 5.97. The van der Waals surface area contributed by atoms with E-state index in [1.165, 1.54) is 0 Å². The average Bonchev–Trinajstić information content (AvgIpc) is 2.29. The van der Waals surface area contributed by atoms with Gasteiger partial charge in [-0.05, 0) is 37.2 Å². The lowest BCUT2D eigenvalue weighted by molar-refractivity contribution is -0.116. The number of carbonyl (C=O) groups is 1. The third kappa shape index (κ3) is 4.44. The van der Waals surface area contributed by atoms with Crippen LogP contribution in [0.4, 0.5) is 5.69 Å². The van der Waals surface area contributed by atoms with Crippen LogP contribution in [0.5, 0.6) is 5.75 Å². The van der Waals surface area contributed by atoms with Crippen LogP contribution in [0.2, 0.25) is 0 Å². The van der Waals surface area contributed by atoms with Gasteiger partial charge in [-0.1, -0.05) is 6.92 Å². The van der Waals surface area contributed by atoms with E-state index in [4.69, 9.17) is 4.74 Å². The lowest BCUT2D eigenvalue weighted by Gasteiger charge is -2.09. The molecule has 0 unspecified atom stereocenters. The van der Waals surface area contributed by atoms with Crippen LogP contribution in [-0.4, -0.2) is 26.1 Å². The summed E-state index contributed by atoms with van der Waals surface area (Å²) in [5.41, 5.74) is 1.82. The first kappa shape index (κ1) is 13.5. The maximum absolute atomic E-state index is 11.6. The first-order valence-corrected chi connectivity index (χ1v) is 5.82. The summed E-state index contributed by atoms with van der Waals surface area (Å²) in [5.74, 6) is 0.853. The number of benzene rings is 1. The number of aryl methyl sites for hydroxylation is 1. The molecule has 17 heavy (non-hydrogen) atoms. The van der Waals surface area contributed by atoms with Gasteiger partial charge >= 0.3 is 0 Å². The van der Waals surface area contributed by atoms with Gasteiger partial charge in [-0.15, -0.1) is 0 Å². The van der Waals surface area contributed by atoms with Crippen molar-refractivity contribution in [1.29, 1.82) is 0 Å². The Labute approximate surface area is 102 Å². The van der Waals surface area contributed by atoms with Crippen molar-refractivity contribution in [2.75, 3.05) is 25.5 Å². The summed E-state index contributed by atoms with van der Waals surface area (Å²) in [6, 6.07) is 5.61. The Hall–Kier alpha value is -1.55. The SMILES string of the molecule is CCNCCC(=O)Nc1ccc(OC)c(C)c1. The molecule has 0 aromatic heterocycles. The van der Waals surface area contributed by atoms with Gasteiger partial charge in [0.2, 0.25) is 5.91 Å². The number of hydrogen-bond acceptors (Lipinski definition) is 3. The van der Waals surface area contributed by atoms with E-state index < -0.39 is 0 Å². The van der Waals surface area contributed by atoms with Gasteiger partial charge in [0, 0.05) is 18.7 Å². The molecule has 0 saturated heterocycles. The molecular formula is C13H20N2O2. The maximum Gasteiger partial charge on any atom is 0.225 e. The Bertz CT molecular complexity index is 378. The smallest absolute Gasteiger partial charge is 0.225 e. The molecule has 4 heteroatoms. The number of rotatable bonds is 6. The Morgan fingerprint density at radius 2 is 2.18 bits per heavy atom. The number of anilines is 1. The fourth-order valence-corrected chi connectivity index (χ4v) is 1.56. The molecule has 0 aliphatic heterocycles. The first-order chi connectivity index (χ1) is 8.17. The molecule has 1 aromatic carbocycles. The average molecular weight is 236 g/mol. The van der Waals surface area contributed by atoms with Crippen LogP contribution in [-0.2, 0) is 4.79 Å². The zero-order valence-electron chi connectivity index (χ0n) is 10.7. The fraction of sp³-hybridized carbons (Fsp3) is 0.462. The minimum Gasteiger partial charge on any atom is -0.496 e. The van der Waals surface area contributed by atoms with Crippen molar-refractivity contribution in [3.63, 3.8) is 0 Å².